The lowest BCUT2D eigenvalue weighted by Crippen LogP contribution is -2.34. The van der Waals surface area contributed by atoms with Crippen molar-refractivity contribution in [1.82, 2.24) is 0 Å². The number of benzene rings is 1. The van der Waals surface area contributed by atoms with Crippen molar-refractivity contribution in [3.8, 4) is 5.75 Å². The summed E-state index contributed by atoms with van der Waals surface area (Å²) in [5.41, 5.74) is 7.30. The molecule has 2 N–H and O–H groups in total. The quantitative estimate of drug-likeness (QED) is 0.805. The maximum Gasteiger partial charge on any atom is 0.119 e. The molecule has 0 atom stereocenters. The zero-order valence-electron chi connectivity index (χ0n) is 9.92. The van der Waals surface area contributed by atoms with E-state index in [2.05, 4.69) is 26.0 Å². The van der Waals surface area contributed by atoms with E-state index in [1.165, 1.54) is 5.56 Å². The maximum absolute atomic E-state index is 6.30. The van der Waals surface area contributed by atoms with Crippen LogP contribution in [0.15, 0.2) is 24.3 Å². The van der Waals surface area contributed by atoms with E-state index in [0.29, 0.717) is 6.61 Å². The fourth-order valence-corrected chi connectivity index (χ4v) is 1.71. The minimum Gasteiger partial charge on any atom is -0.494 e. The molecule has 0 aliphatic rings. The molecule has 1 aromatic carbocycles. The zero-order valence-corrected chi connectivity index (χ0v) is 9.92. The van der Waals surface area contributed by atoms with Gasteiger partial charge in [-0.15, -0.1) is 0 Å². The molecule has 0 spiro atoms. The lowest BCUT2D eigenvalue weighted by atomic mass is 9.86. The van der Waals surface area contributed by atoms with Crippen LogP contribution in [0.2, 0.25) is 0 Å². The van der Waals surface area contributed by atoms with Gasteiger partial charge in [0.15, 0.2) is 0 Å². The van der Waals surface area contributed by atoms with Crippen LogP contribution in [-0.4, -0.2) is 6.61 Å². The molecule has 1 aromatic rings. The molecule has 0 heterocycles. The topological polar surface area (TPSA) is 35.2 Å². The van der Waals surface area contributed by atoms with E-state index in [1.54, 1.807) is 0 Å². The Labute approximate surface area is 92.4 Å². The second-order valence-electron chi connectivity index (χ2n) is 3.82. The van der Waals surface area contributed by atoms with Gasteiger partial charge in [0.2, 0.25) is 0 Å². The smallest absolute Gasteiger partial charge is 0.119 e. The van der Waals surface area contributed by atoms with E-state index >= 15 is 0 Å². The molecule has 0 aromatic heterocycles. The van der Waals surface area contributed by atoms with Gasteiger partial charge in [0, 0.05) is 5.54 Å². The summed E-state index contributed by atoms with van der Waals surface area (Å²) in [5, 5.41) is 0. The molecule has 1 rings (SSSR count). The summed E-state index contributed by atoms with van der Waals surface area (Å²) in [6.45, 7) is 6.94. The third kappa shape index (κ3) is 2.72. The molecule has 0 radical (unpaired) electrons. The van der Waals surface area contributed by atoms with E-state index in [4.69, 9.17) is 10.5 Å². The normalized spacial score (nSPS) is 11.5. The van der Waals surface area contributed by atoms with Crippen LogP contribution in [0.1, 0.15) is 39.2 Å². The fourth-order valence-electron chi connectivity index (χ4n) is 1.71. The van der Waals surface area contributed by atoms with E-state index < -0.39 is 0 Å². The summed E-state index contributed by atoms with van der Waals surface area (Å²) in [6.07, 6.45) is 1.91. The monoisotopic (exact) mass is 207 g/mol. The summed E-state index contributed by atoms with van der Waals surface area (Å²) in [7, 11) is 0. The largest absolute Gasteiger partial charge is 0.494 e. The minimum atomic E-state index is -0.190. The first-order valence-corrected chi connectivity index (χ1v) is 5.68. The number of nitrogens with two attached hydrogens (primary N) is 1. The number of hydrogen-bond donors (Lipinski definition) is 1. The molecule has 0 aliphatic heterocycles. The number of rotatable bonds is 5. The Morgan fingerprint density at radius 2 is 1.60 bits per heavy atom. The Balaban J connectivity index is 2.87. The van der Waals surface area contributed by atoms with Crippen molar-refractivity contribution in [2.75, 3.05) is 6.61 Å². The van der Waals surface area contributed by atoms with Crippen LogP contribution in [0.3, 0.4) is 0 Å². The van der Waals surface area contributed by atoms with Crippen LogP contribution in [0.5, 0.6) is 5.75 Å². The highest BCUT2D eigenvalue weighted by Crippen LogP contribution is 2.27. The highest BCUT2D eigenvalue weighted by atomic mass is 16.5. The molecule has 0 unspecified atom stereocenters. The summed E-state index contributed by atoms with van der Waals surface area (Å²) < 4.78 is 5.40. The molecule has 0 bridgehead atoms. The summed E-state index contributed by atoms with van der Waals surface area (Å²) >= 11 is 0. The molecular formula is C13H21NO. The molecule has 2 nitrogen and oxygen atoms in total. The van der Waals surface area contributed by atoms with Crippen LogP contribution in [0, 0.1) is 0 Å². The lowest BCUT2D eigenvalue weighted by Gasteiger charge is -2.27. The van der Waals surface area contributed by atoms with Crippen LogP contribution < -0.4 is 10.5 Å². The second-order valence-corrected chi connectivity index (χ2v) is 3.82. The average Bonchev–Trinajstić information content (AvgIpc) is 2.29. The third-order valence-corrected chi connectivity index (χ3v) is 3.00. The fraction of sp³-hybridized carbons (Fsp3) is 0.538. The van der Waals surface area contributed by atoms with Crippen molar-refractivity contribution in [3.63, 3.8) is 0 Å². The van der Waals surface area contributed by atoms with Gasteiger partial charge >= 0.3 is 0 Å². The van der Waals surface area contributed by atoms with Crippen molar-refractivity contribution < 1.29 is 4.74 Å². The summed E-state index contributed by atoms with van der Waals surface area (Å²) in [5.74, 6) is 0.913. The SMILES string of the molecule is CCOc1ccc(C(N)(CC)CC)cc1. The highest BCUT2D eigenvalue weighted by molar-refractivity contribution is 5.31. The van der Waals surface area contributed by atoms with E-state index in [0.717, 1.165) is 18.6 Å². The first-order valence-electron chi connectivity index (χ1n) is 5.68. The van der Waals surface area contributed by atoms with Gasteiger partial charge in [-0.25, -0.2) is 0 Å². The molecule has 0 fully saturated rings. The average molecular weight is 207 g/mol. The highest BCUT2D eigenvalue weighted by Gasteiger charge is 2.22. The Bertz CT molecular complexity index is 288. The zero-order chi connectivity index (χ0) is 11.3. The lowest BCUT2D eigenvalue weighted by molar-refractivity contribution is 0.339. The maximum atomic E-state index is 6.30. The van der Waals surface area contributed by atoms with Gasteiger partial charge in [-0.05, 0) is 37.5 Å². The van der Waals surface area contributed by atoms with Crippen molar-refractivity contribution in [2.45, 2.75) is 39.2 Å². The van der Waals surface area contributed by atoms with Gasteiger partial charge < -0.3 is 10.5 Å². The molecule has 15 heavy (non-hydrogen) atoms. The van der Waals surface area contributed by atoms with Crippen molar-refractivity contribution in [1.29, 1.82) is 0 Å². The predicted octanol–water partition coefficient (Wildman–Crippen LogP) is 3.06. The summed E-state index contributed by atoms with van der Waals surface area (Å²) in [4.78, 5) is 0. The Morgan fingerprint density at radius 1 is 1.07 bits per heavy atom. The minimum absolute atomic E-state index is 0.190. The predicted molar refractivity (Wildman–Crippen MR) is 64.1 cm³/mol. The van der Waals surface area contributed by atoms with Gasteiger partial charge in [0.25, 0.3) is 0 Å². The van der Waals surface area contributed by atoms with E-state index in [9.17, 15) is 0 Å². The standard InChI is InChI=1S/C13H21NO/c1-4-13(14,5-2)11-7-9-12(10-8-11)15-6-3/h7-10H,4-6,14H2,1-3H3. The van der Waals surface area contributed by atoms with E-state index in [-0.39, 0.29) is 5.54 Å². The van der Waals surface area contributed by atoms with Gasteiger partial charge in [0.1, 0.15) is 5.75 Å². The van der Waals surface area contributed by atoms with Crippen LogP contribution >= 0.6 is 0 Å². The van der Waals surface area contributed by atoms with Gasteiger partial charge in [-0.3, -0.25) is 0 Å². The molecule has 0 saturated carbocycles. The van der Waals surface area contributed by atoms with Crippen molar-refractivity contribution in [2.24, 2.45) is 5.73 Å². The summed E-state index contributed by atoms with van der Waals surface area (Å²) in [6, 6.07) is 8.12. The molecule has 2 heteroatoms. The molecule has 0 amide bonds. The van der Waals surface area contributed by atoms with Crippen molar-refractivity contribution >= 4 is 0 Å². The van der Waals surface area contributed by atoms with Crippen LogP contribution in [0.4, 0.5) is 0 Å². The molecule has 84 valence electrons. The Hall–Kier alpha value is -1.02. The van der Waals surface area contributed by atoms with Crippen LogP contribution in [-0.2, 0) is 5.54 Å². The Morgan fingerprint density at radius 3 is 2.00 bits per heavy atom. The first kappa shape index (κ1) is 12.1. The Kier molecular flexibility index (Phi) is 4.15. The molecule has 0 aliphatic carbocycles. The van der Waals surface area contributed by atoms with Crippen molar-refractivity contribution in [3.05, 3.63) is 29.8 Å². The first-order chi connectivity index (χ1) is 7.16. The number of ether oxygens (including phenoxy) is 1. The second kappa shape index (κ2) is 5.17. The van der Waals surface area contributed by atoms with Gasteiger partial charge in [0.05, 0.1) is 6.61 Å². The van der Waals surface area contributed by atoms with Crippen LogP contribution in [0.25, 0.3) is 0 Å². The van der Waals surface area contributed by atoms with Gasteiger partial charge in [-0.1, -0.05) is 26.0 Å². The van der Waals surface area contributed by atoms with E-state index in [1.807, 2.05) is 19.1 Å². The third-order valence-electron chi connectivity index (χ3n) is 3.00. The molecule has 0 saturated heterocycles. The number of hydrogen-bond acceptors (Lipinski definition) is 2. The van der Waals surface area contributed by atoms with Gasteiger partial charge in [-0.2, -0.15) is 0 Å². The molecular weight excluding hydrogens is 186 g/mol.